The Hall–Kier alpha value is -0.330. The molecule has 1 unspecified atom stereocenters. The van der Waals surface area contributed by atoms with Crippen molar-refractivity contribution in [3.63, 3.8) is 0 Å². The number of rotatable bonds is 6. The molecular formula is C14H19Cl2NO3S. The molecule has 0 amide bonds. The minimum Gasteiger partial charge on any atom is -0.377 e. The Morgan fingerprint density at radius 3 is 2.76 bits per heavy atom. The van der Waals surface area contributed by atoms with Crippen LogP contribution in [0, 0.1) is 0 Å². The Morgan fingerprint density at radius 2 is 2.19 bits per heavy atom. The first-order valence-corrected chi connectivity index (χ1v) is 9.30. The van der Waals surface area contributed by atoms with Crippen LogP contribution in [0.4, 0.5) is 0 Å². The summed E-state index contributed by atoms with van der Waals surface area (Å²) in [4.78, 5) is 0.224. The Balaban J connectivity index is 2.25. The standard InChI is InChI=1S/C14H19Cl2NO3S/c1-2-17(10-12-4-3-7-20-12)21(18,19)13-5-6-14(16)11(8-13)9-15/h5-6,8,12H,2-4,7,9-10H2,1H3. The maximum absolute atomic E-state index is 12.7. The van der Waals surface area contributed by atoms with Crippen molar-refractivity contribution in [3.8, 4) is 0 Å². The molecule has 0 bridgehead atoms. The molecule has 1 saturated heterocycles. The van der Waals surface area contributed by atoms with Crippen molar-refractivity contribution in [2.24, 2.45) is 0 Å². The predicted octanol–water partition coefficient (Wildman–Crippen LogP) is 3.27. The van der Waals surface area contributed by atoms with E-state index in [-0.39, 0.29) is 16.9 Å². The number of nitrogens with zero attached hydrogens (tertiary/aromatic N) is 1. The van der Waals surface area contributed by atoms with Crippen LogP contribution in [0.2, 0.25) is 5.02 Å². The molecule has 1 fully saturated rings. The summed E-state index contributed by atoms with van der Waals surface area (Å²) in [7, 11) is -3.55. The first kappa shape index (κ1) is 17.0. The van der Waals surface area contributed by atoms with E-state index in [9.17, 15) is 8.42 Å². The van der Waals surface area contributed by atoms with E-state index < -0.39 is 10.0 Å². The first-order chi connectivity index (χ1) is 9.98. The molecule has 0 radical (unpaired) electrons. The van der Waals surface area contributed by atoms with Crippen molar-refractivity contribution in [3.05, 3.63) is 28.8 Å². The van der Waals surface area contributed by atoms with Crippen molar-refractivity contribution >= 4 is 33.2 Å². The summed E-state index contributed by atoms with van der Waals surface area (Å²) in [6.45, 7) is 3.32. The molecule has 1 heterocycles. The van der Waals surface area contributed by atoms with Gasteiger partial charge in [-0.3, -0.25) is 0 Å². The molecule has 0 aliphatic carbocycles. The molecule has 7 heteroatoms. The summed E-state index contributed by atoms with van der Waals surface area (Å²) < 4.78 is 32.4. The fraction of sp³-hybridized carbons (Fsp3) is 0.571. The van der Waals surface area contributed by atoms with E-state index in [2.05, 4.69) is 0 Å². The van der Waals surface area contributed by atoms with Crippen molar-refractivity contribution in [2.75, 3.05) is 19.7 Å². The van der Waals surface area contributed by atoms with Crippen LogP contribution in [0.3, 0.4) is 0 Å². The van der Waals surface area contributed by atoms with E-state index in [0.717, 1.165) is 12.8 Å². The molecule has 118 valence electrons. The molecule has 2 rings (SSSR count). The fourth-order valence-corrected chi connectivity index (χ4v) is 4.38. The SMILES string of the molecule is CCN(CC1CCCO1)S(=O)(=O)c1ccc(Cl)c(CCl)c1. The highest BCUT2D eigenvalue weighted by atomic mass is 35.5. The quantitative estimate of drug-likeness (QED) is 0.739. The highest BCUT2D eigenvalue weighted by Crippen LogP contribution is 2.25. The highest BCUT2D eigenvalue weighted by Gasteiger charge is 2.28. The van der Waals surface area contributed by atoms with E-state index in [1.807, 2.05) is 6.92 Å². The van der Waals surface area contributed by atoms with Crippen molar-refractivity contribution < 1.29 is 13.2 Å². The molecule has 0 N–H and O–H groups in total. The number of halogens is 2. The average Bonchev–Trinajstić information content (AvgIpc) is 2.97. The third-order valence-electron chi connectivity index (χ3n) is 3.58. The second kappa shape index (κ2) is 7.29. The molecule has 1 atom stereocenters. The van der Waals surface area contributed by atoms with E-state index in [1.54, 1.807) is 12.1 Å². The maximum atomic E-state index is 12.7. The number of benzene rings is 1. The fourth-order valence-electron chi connectivity index (χ4n) is 2.38. The normalized spacial score (nSPS) is 19.3. The summed E-state index contributed by atoms with van der Waals surface area (Å²) in [6, 6.07) is 4.64. The number of hydrogen-bond donors (Lipinski definition) is 0. The lowest BCUT2D eigenvalue weighted by Gasteiger charge is -2.23. The van der Waals surface area contributed by atoms with Gasteiger partial charge in [0.15, 0.2) is 0 Å². The summed E-state index contributed by atoms with van der Waals surface area (Å²) in [5.41, 5.74) is 0.618. The van der Waals surface area contributed by atoms with Crippen LogP contribution in [-0.2, 0) is 20.6 Å². The molecule has 0 saturated carbocycles. The second-order valence-electron chi connectivity index (χ2n) is 4.98. The summed E-state index contributed by atoms with van der Waals surface area (Å²) in [5.74, 6) is 0.181. The van der Waals surface area contributed by atoms with Crippen LogP contribution in [-0.4, -0.2) is 38.5 Å². The third kappa shape index (κ3) is 3.90. The Morgan fingerprint density at radius 1 is 1.43 bits per heavy atom. The number of ether oxygens (including phenoxy) is 1. The number of alkyl halides is 1. The summed E-state index contributed by atoms with van der Waals surface area (Å²) >= 11 is 11.8. The molecule has 0 spiro atoms. The van der Waals surface area contributed by atoms with Gasteiger partial charge in [-0.05, 0) is 36.6 Å². The van der Waals surface area contributed by atoms with Crippen LogP contribution in [0.1, 0.15) is 25.3 Å². The predicted molar refractivity (Wildman–Crippen MR) is 84.4 cm³/mol. The van der Waals surface area contributed by atoms with Gasteiger partial charge in [0.25, 0.3) is 0 Å². The van der Waals surface area contributed by atoms with Gasteiger partial charge in [-0.1, -0.05) is 18.5 Å². The molecule has 4 nitrogen and oxygen atoms in total. The Kier molecular flexibility index (Phi) is 5.91. The van der Waals surface area contributed by atoms with Gasteiger partial charge in [-0.2, -0.15) is 4.31 Å². The van der Waals surface area contributed by atoms with Crippen molar-refractivity contribution in [1.82, 2.24) is 4.31 Å². The van der Waals surface area contributed by atoms with Crippen LogP contribution in [0.25, 0.3) is 0 Å². The minimum absolute atomic E-state index is 0.0143. The zero-order chi connectivity index (χ0) is 15.5. The van der Waals surface area contributed by atoms with Crippen LogP contribution in [0.5, 0.6) is 0 Å². The lowest BCUT2D eigenvalue weighted by atomic mass is 10.2. The van der Waals surface area contributed by atoms with Gasteiger partial charge in [0.1, 0.15) is 0 Å². The molecule has 1 aliphatic heterocycles. The van der Waals surface area contributed by atoms with Crippen LogP contribution >= 0.6 is 23.2 Å². The van der Waals surface area contributed by atoms with Crippen LogP contribution < -0.4 is 0 Å². The van der Waals surface area contributed by atoms with Crippen LogP contribution in [0.15, 0.2) is 23.1 Å². The largest absolute Gasteiger partial charge is 0.377 e. The number of likely N-dealkylation sites (N-methyl/N-ethyl adjacent to an activating group) is 1. The lowest BCUT2D eigenvalue weighted by molar-refractivity contribution is 0.0947. The number of hydrogen-bond acceptors (Lipinski definition) is 3. The van der Waals surface area contributed by atoms with Gasteiger partial charge >= 0.3 is 0 Å². The zero-order valence-corrected chi connectivity index (χ0v) is 14.2. The van der Waals surface area contributed by atoms with Gasteiger partial charge in [-0.25, -0.2) is 8.42 Å². The minimum atomic E-state index is -3.55. The highest BCUT2D eigenvalue weighted by molar-refractivity contribution is 7.89. The van der Waals surface area contributed by atoms with Gasteiger partial charge in [0, 0.05) is 30.6 Å². The van der Waals surface area contributed by atoms with E-state index >= 15 is 0 Å². The Labute approximate surface area is 136 Å². The molecule has 0 aromatic heterocycles. The van der Waals surface area contributed by atoms with E-state index in [1.165, 1.54) is 10.4 Å². The molecule has 1 aliphatic rings. The molecular weight excluding hydrogens is 333 g/mol. The smallest absolute Gasteiger partial charge is 0.243 e. The summed E-state index contributed by atoms with van der Waals surface area (Å²) in [6.07, 6.45) is 1.87. The zero-order valence-electron chi connectivity index (χ0n) is 11.9. The molecule has 1 aromatic carbocycles. The van der Waals surface area contributed by atoms with Gasteiger partial charge in [0.2, 0.25) is 10.0 Å². The lowest BCUT2D eigenvalue weighted by Crippen LogP contribution is -2.37. The Bertz CT molecular complexity index is 586. The first-order valence-electron chi connectivity index (χ1n) is 6.95. The average molecular weight is 352 g/mol. The van der Waals surface area contributed by atoms with Crippen molar-refractivity contribution in [1.29, 1.82) is 0 Å². The van der Waals surface area contributed by atoms with Gasteiger partial charge in [-0.15, -0.1) is 11.6 Å². The van der Waals surface area contributed by atoms with Gasteiger partial charge < -0.3 is 4.74 Å². The maximum Gasteiger partial charge on any atom is 0.243 e. The molecule has 21 heavy (non-hydrogen) atoms. The monoisotopic (exact) mass is 351 g/mol. The number of sulfonamides is 1. The molecule has 1 aromatic rings. The van der Waals surface area contributed by atoms with Crippen molar-refractivity contribution in [2.45, 2.75) is 36.6 Å². The second-order valence-corrected chi connectivity index (χ2v) is 7.59. The summed E-state index contributed by atoms with van der Waals surface area (Å²) in [5, 5.41) is 0.478. The topological polar surface area (TPSA) is 46.6 Å². The third-order valence-corrected chi connectivity index (χ3v) is 6.18. The van der Waals surface area contributed by atoms with E-state index in [0.29, 0.717) is 30.3 Å². The van der Waals surface area contributed by atoms with Gasteiger partial charge in [0.05, 0.1) is 11.0 Å². The van der Waals surface area contributed by atoms with E-state index in [4.69, 9.17) is 27.9 Å².